The Kier molecular flexibility index (Phi) is 5.06. The SMILES string of the molecule is O=C(O)c1ccc(S(=O)(=O)NC2CCc3ccc(F)cc32)c(OC(F)(F)F)c1. The highest BCUT2D eigenvalue weighted by Gasteiger charge is 2.36. The van der Waals surface area contributed by atoms with Gasteiger partial charge in [-0.1, -0.05) is 6.07 Å². The first-order valence-corrected chi connectivity index (χ1v) is 9.38. The van der Waals surface area contributed by atoms with Crippen molar-refractivity contribution in [3.8, 4) is 5.75 Å². The van der Waals surface area contributed by atoms with Gasteiger partial charge >= 0.3 is 12.3 Å². The third kappa shape index (κ3) is 4.25. The molecule has 3 rings (SSSR count). The molecule has 1 aliphatic rings. The number of carboxylic acids is 1. The van der Waals surface area contributed by atoms with Crippen molar-refractivity contribution in [3.05, 3.63) is 58.9 Å². The van der Waals surface area contributed by atoms with Gasteiger partial charge in [-0.25, -0.2) is 22.3 Å². The second kappa shape index (κ2) is 7.06. The highest BCUT2D eigenvalue weighted by molar-refractivity contribution is 7.89. The van der Waals surface area contributed by atoms with Crippen LogP contribution in [0.25, 0.3) is 0 Å². The number of fused-ring (bicyclic) bond motifs is 1. The molecule has 0 aromatic heterocycles. The Labute approximate surface area is 156 Å². The van der Waals surface area contributed by atoms with E-state index in [1.54, 1.807) is 0 Å². The van der Waals surface area contributed by atoms with Gasteiger partial charge in [0.05, 0.1) is 5.56 Å². The van der Waals surface area contributed by atoms with Crippen molar-refractivity contribution in [1.29, 1.82) is 0 Å². The second-order valence-corrected chi connectivity index (χ2v) is 7.75. The predicted molar refractivity (Wildman–Crippen MR) is 87.9 cm³/mol. The molecule has 0 amide bonds. The average molecular weight is 419 g/mol. The summed E-state index contributed by atoms with van der Waals surface area (Å²) in [5.74, 6) is -3.29. The van der Waals surface area contributed by atoms with Crippen molar-refractivity contribution in [2.24, 2.45) is 0 Å². The standard InChI is InChI=1S/C17H13F4NO5S/c18-11-4-1-9-2-5-13(12(9)8-11)22-28(25,26)15-6-3-10(16(23)24)7-14(15)27-17(19,20)21/h1,3-4,6-8,13,22H,2,5H2,(H,23,24). The van der Waals surface area contributed by atoms with E-state index in [1.165, 1.54) is 12.1 Å². The maximum atomic E-state index is 13.5. The molecule has 0 heterocycles. The van der Waals surface area contributed by atoms with Gasteiger partial charge in [-0.3, -0.25) is 0 Å². The maximum absolute atomic E-state index is 13.5. The fraction of sp³-hybridized carbons (Fsp3) is 0.235. The third-order valence-corrected chi connectivity index (χ3v) is 5.70. The number of rotatable bonds is 5. The van der Waals surface area contributed by atoms with Crippen LogP contribution in [0.5, 0.6) is 5.75 Å². The van der Waals surface area contributed by atoms with Crippen LogP contribution in [0.4, 0.5) is 17.6 Å². The molecule has 28 heavy (non-hydrogen) atoms. The van der Waals surface area contributed by atoms with Crippen LogP contribution < -0.4 is 9.46 Å². The Morgan fingerprint density at radius 1 is 1.18 bits per heavy atom. The van der Waals surface area contributed by atoms with E-state index in [0.717, 1.165) is 17.7 Å². The van der Waals surface area contributed by atoms with Gasteiger partial charge in [0.15, 0.2) is 0 Å². The monoisotopic (exact) mass is 419 g/mol. The molecule has 0 aliphatic heterocycles. The molecule has 6 nitrogen and oxygen atoms in total. The lowest BCUT2D eigenvalue weighted by molar-refractivity contribution is -0.275. The van der Waals surface area contributed by atoms with Gasteiger partial charge in [0.25, 0.3) is 0 Å². The van der Waals surface area contributed by atoms with E-state index in [2.05, 4.69) is 9.46 Å². The molecule has 150 valence electrons. The minimum absolute atomic E-state index is 0.292. The summed E-state index contributed by atoms with van der Waals surface area (Å²) in [5, 5.41) is 8.93. The summed E-state index contributed by atoms with van der Waals surface area (Å²) in [6.07, 6.45) is -4.47. The highest BCUT2D eigenvalue weighted by atomic mass is 32.2. The molecule has 0 saturated carbocycles. The number of halogens is 4. The van der Waals surface area contributed by atoms with Crippen LogP contribution in [0.3, 0.4) is 0 Å². The Hall–Kier alpha value is -2.66. The first-order chi connectivity index (χ1) is 13.0. The molecule has 2 aromatic rings. The molecule has 0 spiro atoms. The first-order valence-electron chi connectivity index (χ1n) is 7.90. The molecule has 11 heteroatoms. The summed E-state index contributed by atoms with van der Waals surface area (Å²) in [6.45, 7) is 0. The van der Waals surface area contributed by atoms with Crippen molar-refractivity contribution in [1.82, 2.24) is 4.72 Å². The van der Waals surface area contributed by atoms with Crippen LogP contribution in [0.1, 0.15) is 33.9 Å². The van der Waals surface area contributed by atoms with Gasteiger partial charge in [0.2, 0.25) is 10.0 Å². The molecule has 1 unspecified atom stereocenters. The van der Waals surface area contributed by atoms with E-state index in [0.29, 0.717) is 30.5 Å². The molecule has 0 saturated heterocycles. The van der Waals surface area contributed by atoms with Gasteiger partial charge in [-0.15, -0.1) is 13.2 Å². The zero-order chi connectivity index (χ0) is 20.7. The predicted octanol–water partition coefficient (Wildman–Crippen LogP) is 3.39. The normalized spacial score (nSPS) is 16.6. The highest BCUT2D eigenvalue weighted by Crippen LogP contribution is 2.35. The lowest BCUT2D eigenvalue weighted by atomic mass is 10.1. The van der Waals surface area contributed by atoms with Crippen LogP contribution in [0.15, 0.2) is 41.3 Å². The van der Waals surface area contributed by atoms with Crippen molar-refractivity contribution >= 4 is 16.0 Å². The molecule has 1 atom stereocenters. The number of hydrogen-bond donors (Lipinski definition) is 2. The lowest BCUT2D eigenvalue weighted by Crippen LogP contribution is -2.29. The minimum Gasteiger partial charge on any atom is -0.478 e. The number of alkyl halides is 3. The van der Waals surface area contributed by atoms with Crippen LogP contribution in [-0.2, 0) is 16.4 Å². The van der Waals surface area contributed by atoms with Gasteiger partial charge in [0.1, 0.15) is 16.5 Å². The average Bonchev–Trinajstić information content (AvgIpc) is 2.94. The van der Waals surface area contributed by atoms with Gasteiger partial charge < -0.3 is 9.84 Å². The Morgan fingerprint density at radius 2 is 1.89 bits per heavy atom. The summed E-state index contributed by atoms with van der Waals surface area (Å²) < 4.78 is 82.8. The summed E-state index contributed by atoms with van der Waals surface area (Å²) in [6, 6.07) is 5.11. The molecule has 0 bridgehead atoms. The topological polar surface area (TPSA) is 92.7 Å². The second-order valence-electron chi connectivity index (χ2n) is 6.07. The fourth-order valence-electron chi connectivity index (χ4n) is 3.01. The molecular formula is C17H13F4NO5S. The van der Waals surface area contributed by atoms with E-state index in [9.17, 15) is 30.8 Å². The van der Waals surface area contributed by atoms with E-state index >= 15 is 0 Å². The van der Waals surface area contributed by atoms with Gasteiger partial charge in [-0.2, -0.15) is 0 Å². The number of ether oxygens (including phenoxy) is 1. The van der Waals surface area contributed by atoms with Crippen LogP contribution in [0, 0.1) is 5.82 Å². The van der Waals surface area contributed by atoms with E-state index < -0.39 is 50.4 Å². The number of aromatic carboxylic acids is 1. The molecular weight excluding hydrogens is 406 g/mol. The van der Waals surface area contributed by atoms with Gasteiger partial charge in [-0.05, 0) is 54.3 Å². The lowest BCUT2D eigenvalue weighted by Gasteiger charge is -2.18. The van der Waals surface area contributed by atoms with Crippen molar-refractivity contribution in [2.75, 3.05) is 0 Å². The summed E-state index contributed by atoms with van der Waals surface area (Å²) >= 11 is 0. The number of benzene rings is 2. The molecule has 0 radical (unpaired) electrons. The molecule has 2 aromatic carbocycles. The number of carbonyl (C=O) groups is 1. The van der Waals surface area contributed by atoms with Gasteiger partial charge in [0, 0.05) is 6.04 Å². The van der Waals surface area contributed by atoms with Crippen molar-refractivity contribution < 1.29 is 40.6 Å². The summed E-state index contributed by atoms with van der Waals surface area (Å²) in [5.41, 5.74) is 0.539. The van der Waals surface area contributed by atoms with Crippen LogP contribution in [-0.4, -0.2) is 25.9 Å². The zero-order valence-corrected chi connectivity index (χ0v) is 14.8. The smallest absolute Gasteiger partial charge is 0.478 e. The van der Waals surface area contributed by atoms with Crippen LogP contribution >= 0.6 is 0 Å². The third-order valence-electron chi connectivity index (χ3n) is 4.19. The molecule has 1 aliphatic carbocycles. The number of sulfonamides is 1. The quantitative estimate of drug-likeness (QED) is 0.725. The molecule has 0 fully saturated rings. The fourth-order valence-corrected chi connectivity index (χ4v) is 4.37. The van der Waals surface area contributed by atoms with E-state index in [-0.39, 0.29) is 0 Å². The Balaban J connectivity index is 1.98. The molecule has 2 N–H and O–H groups in total. The van der Waals surface area contributed by atoms with E-state index in [1.807, 2.05) is 0 Å². The number of nitrogens with one attached hydrogen (secondary N) is 1. The number of carboxylic acid groups (broad SMARTS) is 1. The Bertz CT molecular complexity index is 1040. The largest absolute Gasteiger partial charge is 0.573 e. The number of aryl methyl sites for hydroxylation is 1. The minimum atomic E-state index is -5.23. The van der Waals surface area contributed by atoms with Crippen molar-refractivity contribution in [3.63, 3.8) is 0 Å². The van der Waals surface area contributed by atoms with E-state index in [4.69, 9.17) is 5.11 Å². The zero-order valence-electron chi connectivity index (χ0n) is 14.0. The first kappa shape index (κ1) is 20.1. The van der Waals surface area contributed by atoms with Crippen molar-refractivity contribution in [2.45, 2.75) is 30.1 Å². The summed E-state index contributed by atoms with van der Waals surface area (Å²) in [7, 11) is -4.54. The van der Waals surface area contributed by atoms with Crippen LogP contribution in [0.2, 0.25) is 0 Å². The number of hydrogen-bond acceptors (Lipinski definition) is 4. The summed E-state index contributed by atoms with van der Waals surface area (Å²) in [4.78, 5) is 10.1. The maximum Gasteiger partial charge on any atom is 0.573 e. The Morgan fingerprint density at radius 3 is 2.54 bits per heavy atom.